The summed E-state index contributed by atoms with van der Waals surface area (Å²) in [5, 5.41) is 0. The Morgan fingerprint density at radius 1 is 1.05 bits per heavy atom. The molecule has 0 saturated carbocycles. The molecule has 124 valence electrons. The van der Waals surface area contributed by atoms with E-state index in [0.717, 1.165) is 12.3 Å². The molecule has 4 heterocycles. The van der Waals surface area contributed by atoms with E-state index in [2.05, 4.69) is 16.7 Å². The predicted octanol–water partition coefficient (Wildman–Crippen LogP) is -6.80. The molecule has 4 fully saturated rings. The van der Waals surface area contributed by atoms with Gasteiger partial charge in [-0.25, -0.2) is 0 Å². The van der Waals surface area contributed by atoms with Gasteiger partial charge in [-0.1, -0.05) is 0 Å². The number of quaternary nitrogens is 2. The van der Waals surface area contributed by atoms with Gasteiger partial charge in [0.2, 0.25) is 0 Å². The number of hydrogen-bond donors (Lipinski definition) is 1. The van der Waals surface area contributed by atoms with Crippen LogP contribution >= 0.6 is 0 Å². The summed E-state index contributed by atoms with van der Waals surface area (Å²) in [6.07, 6.45) is 6.03. The number of piperazine rings is 2. The van der Waals surface area contributed by atoms with Gasteiger partial charge in [0.1, 0.15) is 0 Å². The second kappa shape index (κ2) is 7.04. The third kappa shape index (κ3) is 2.90. The molecule has 0 aromatic heterocycles. The standard InChI is InChI=1S/C15H29IN4.HI/c1-2-5-16-20-12-4-8-19-10-9-17-6-3-7-18(11-13-20)14(17)15(19)20;/h14-15H,2-13H2,1H3;1H. The molecule has 21 heavy (non-hydrogen) atoms. The molecule has 0 radical (unpaired) electrons. The first-order valence-electron chi connectivity index (χ1n) is 8.64. The maximum atomic E-state index is 2.91. The number of nitrogens with one attached hydrogen (secondary N) is 1. The summed E-state index contributed by atoms with van der Waals surface area (Å²) in [5.74, 6) is 0. The topological polar surface area (TPSA) is 10.9 Å². The normalized spacial score (nSPS) is 43.2. The summed E-state index contributed by atoms with van der Waals surface area (Å²) in [7, 11) is 0. The first-order chi connectivity index (χ1) is 9.84. The van der Waals surface area contributed by atoms with Gasteiger partial charge in [-0.05, 0) is 0 Å². The molecule has 0 amide bonds. The fourth-order valence-corrected chi connectivity index (χ4v) is 8.78. The maximum Gasteiger partial charge on any atom is -1.00 e. The Morgan fingerprint density at radius 2 is 1.90 bits per heavy atom. The van der Waals surface area contributed by atoms with Crippen LogP contribution in [0.2, 0.25) is 0 Å². The number of alkyl halides is 1. The van der Waals surface area contributed by atoms with Crippen molar-refractivity contribution in [3.8, 4) is 0 Å². The molecule has 4 atom stereocenters. The minimum Gasteiger partial charge on any atom is -1.00 e. The van der Waals surface area contributed by atoms with Crippen LogP contribution in [0.3, 0.4) is 0 Å². The van der Waals surface area contributed by atoms with E-state index in [4.69, 9.17) is 0 Å². The van der Waals surface area contributed by atoms with Crippen LogP contribution in [0.5, 0.6) is 0 Å². The van der Waals surface area contributed by atoms with Gasteiger partial charge in [0.05, 0.1) is 0 Å². The van der Waals surface area contributed by atoms with E-state index in [1.807, 2.05) is 4.90 Å². The Morgan fingerprint density at radius 3 is 2.76 bits per heavy atom. The molecule has 0 spiro atoms. The SMILES string of the molecule is CCC[I-][N+]12CCCN3CC[NH+]4CCCN(CC1)C4C32.[I-]. The molecule has 0 aromatic carbocycles. The number of hydrogen-bond acceptors (Lipinski definition) is 2. The van der Waals surface area contributed by atoms with Crippen molar-refractivity contribution in [2.24, 2.45) is 0 Å². The van der Waals surface area contributed by atoms with Crippen LogP contribution in [0.25, 0.3) is 0 Å². The summed E-state index contributed by atoms with van der Waals surface area (Å²) in [4.78, 5) is 7.71. The molecule has 0 aliphatic carbocycles. The molecule has 4 aliphatic heterocycles. The van der Waals surface area contributed by atoms with Gasteiger partial charge in [0, 0.05) is 0 Å². The van der Waals surface area contributed by atoms with Gasteiger partial charge < -0.3 is 24.0 Å². The van der Waals surface area contributed by atoms with Gasteiger partial charge in [-0.2, -0.15) is 0 Å². The Labute approximate surface area is 157 Å². The van der Waals surface area contributed by atoms with Gasteiger partial charge in [0.25, 0.3) is 0 Å². The average molecular weight is 520 g/mol. The van der Waals surface area contributed by atoms with E-state index in [9.17, 15) is 0 Å². The second-order valence-corrected chi connectivity index (χ2v) is 10.7. The molecule has 4 nitrogen and oxygen atoms in total. The Hall–Kier alpha value is 1.30. The van der Waals surface area contributed by atoms with Crippen LogP contribution in [0.4, 0.5) is 0 Å². The van der Waals surface area contributed by atoms with Crippen molar-refractivity contribution < 1.29 is 53.1 Å². The minimum absolute atomic E-state index is 0. The second-order valence-electron chi connectivity index (χ2n) is 6.98. The summed E-state index contributed by atoms with van der Waals surface area (Å²) in [6, 6.07) is 0. The molecular weight excluding hydrogens is 490 g/mol. The molecule has 4 saturated heterocycles. The van der Waals surface area contributed by atoms with Crippen LogP contribution in [-0.2, 0) is 0 Å². The van der Waals surface area contributed by atoms with Crippen LogP contribution in [0.15, 0.2) is 0 Å². The van der Waals surface area contributed by atoms with Gasteiger partial charge in [-0.3, -0.25) is 0 Å². The first kappa shape index (κ1) is 17.1. The summed E-state index contributed by atoms with van der Waals surface area (Å²) >= 11 is 0.331. The quantitative estimate of drug-likeness (QED) is 0.226. The third-order valence-corrected chi connectivity index (χ3v) is 10.3. The molecule has 4 unspecified atom stereocenters. The Balaban J connectivity index is 0.00000132. The number of halogens is 2. The zero-order chi connectivity index (χ0) is 13.6. The van der Waals surface area contributed by atoms with Crippen LogP contribution in [0, 0.1) is 0 Å². The Bertz CT molecular complexity index is 364. The van der Waals surface area contributed by atoms with Crippen LogP contribution in [-0.4, -0.2) is 81.6 Å². The fourth-order valence-electron chi connectivity index (χ4n) is 5.04. The number of nitrogens with zero attached hydrogens (tertiary/aromatic N) is 3. The van der Waals surface area contributed by atoms with E-state index in [-0.39, 0.29) is 24.0 Å². The van der Waals surface area contributed by atoms with Crippen LogP contribution < -0.4 is 50.4 Å². The molecule has 6 heteroatoms. The maximum absolute atomic E-state index is 2.91. The van der Waals surface area contributed by atoms with E-state index < -0.39 is 0 Å². The molecule has 0 bridgehead atoms. The van der Waals surface area contributed by atoms with Gasteiger partial charge in [0.15, 0.2) is 0 Å². The molecule has 0 aromatic rings. The zero-order valence-electron chi connectivity index (χ0n) is 13.2. The van der Waals surface area contributed by atoms with Crippen molar-refractivity contribution in [1.29, 1.82) is 0 Å². The van der Waals surface area contributed by atoms with E-state index in [1.54, 1.807) is 2.70 Å². The largest absolute Gasteiger partial charge is 1.00 e. The third-order valence-electron chi connectivity index (χ3n) is 5.85. The summed E-state index contributed by atoms with van der Waals surface area (Å²) in [6.45, 7) is 13.7. The molecule has 4 rings (SSSR count). The smallest absolute Gasteiger partial charge is 1.00 e. The molecular formula is C15H30I2N4. The first-order valence-corrected chi connectivity index (χ1v) is 11.1. The summed E-state index contributed by atoms with van der Waals surface area (Å²) < 4.78 is 3.09. The molecule has 4 aliphatic rings. The van der Waals surface area contributed by atoms with E-state index in [1.165, 1.54) is 76.0 Å². The Kier molecular flexibility index (Phi) is 5.75. The minimum atomic E-state index is 0. The van der Waals surface area contributed by atoms with Crippen molar-refractivity contribution in [2.45, 2.75) is 38.5 Å². The predicted molar refractivity (Wildman–Crippen MR) is 75.8 cm³/mol. The number of rotatable bonds is 3. The van der Waals surface area contributed by atoms with Crippen molar-refractivity contribution in [3.63, 3.8) is 0 Å². The van der Waals surface area contributed by atoms with Crippen molar-refractivity contribution in [1.82, 2.24) is 9.80 Å². The van der Waals surface area contributed by atoms with E-state index in [0.29, 0.717) is 21.5 Å². The monoisotopic (exact) mass is 520 g/mol. The van der Waals surface area contributed by atoms with Crippen molar-refractivity contribution >= 4 is 0 Å². The van der Waals surface area contributed by atoms with Crippen LogP contribution in [0.1, 0.15) is 26.2 Å². The van der Waals surface area contributed by atoms with Crippen molar-refractivity contribution in [2.75, 3.05) is 56.8 Å². The van der Waals surface area contributed by atoms with Gasteiger partial charge in [-0.15, -0.1) is 0 Å². The van der Waals surface area contributed by atoms with Gasteiger partial charge >= 0.3 is 134 Å². The average Bonchev–Trinajstić information content (AvgIpc) is 2.51. The van der Waals surface area contributed by atoms with E-state index >= 15 is 0 Å². The zero-order valence-corrected chi connectivity index (χ0v) is 17.6. The van der Waals surface area contributed by atoms with Crippen molar-refractivity contribution in [3.05, 3.63) is 0 Å². The fraction of sp³-hybridized carbons (Fsp3) is 1.00. The molecule has 1 N–H and O–H groups in total. The summed E-state index contributed by atoms with van der Waals surface area (Å²) in [5.41, 5.74) is 0.